The second-order valence-electron chi connectivity index (χ2n) is 3.31. The maximum absolute atomic E-state index is 12.5. The fraction of sp³-hybridized carbons (Fsp3) is 1.00. The molecular formula is C7H15FO2. The zero-order valence-electron chi connectivity index (χ0n) is 6.47. The van der Waals surface area contributed by atoms with E-state index in [-0.39, 0.29) is 13.0 Å². The molecule has 0 aromatic heterocycles. The molecule has 0 aliphatic carbocycles. The lowest BCUT2D eigenvalue weighted by molar-refractivity contribution is 0.0859. The summed E-state index contributed by atoms with van der Waals surface area (Å²) in [7, 11) is 0. The molecule has 0 rings (SSSR count). The van der Waals surface area contributed by atoms with Crippen LogP contribution in [0.25, 0.3) is 0 Å². The SMILES string of the molecule is CC(C)(CO)CC(F)CO. The quantitative estimate of drug-likeness (QED) is 0.620. The zero-order valence-corrected chi connectivity index (χ0v) is 6.47. The van der Waals surface area contributed by atoms with E-state index in [2.05, 4.69) is 0 Å². The van der Waals surface area contributed by atoms with E-state index in [1.807, 2.05) is 0 Å². The van der Waals surface area contributed by atoms with Crippen molar-refractivity contribution in [1.29, 1.82) is 0 Å². The first-order chi connectivity index (χ1) is 4.52. The third kappa shape index (κ3) is 3.80. The highest BCUT2D eigenvalue weighted by molar-refractivity contribution is 4.71. The Bertz CT molecular complexity index is 93.6. The van der Waals surface area contributed by atoms with Gasteiger partial charge in [0.2, 0.25) is 0 Å². The fourth-order valence-corrected chi connectivity index (χ4v) is 0.729. The average Bonchev–Trinajstić information content (AvgIpc) is 1.87. The molecule has 62 valence electrons. The third-order valence-electron chi connectivity index (χ3n) is 1.40. The largest absolute Gasteiger partial charge is 0.396 e. The Kier molecular flexibility index (Phi) is 3.83. The molecule has 0 aromatic rings. The molecule has 0 bridgehead atoms. The van der Waals surface area contributed by atoms with E-state index in [1.54, 1.807) is 13.8 Å². The summed E-state index contributed by atoms with van der Waals surface area (Å²) in [6.45, 7) is 3.02. The molecule has 1 atom stereocenters. The first kappa shape index (κ1) is 9.85. The van der Waals surface area contributed by atoms with Crippen LogP contribution < -0.4 is 0 Å². The molecule has 0 fully saturated rings. The van der Waals surface area contributed by atoms with Gasteiger partial charge in [-0.3, -0.25) is 0 Å². The van der Waals surface area contributed by atoms with Crippen LogP contribution in [0.2, 0.25) is 0 Å². The van der Waals surface area contributed by atoms with E-state index in [1.165, 1.54) is 0 Å². The molecule has 0 aliphatic rings. The monoisotopic (exact) mass is 150 g/mol. The lowest BCUT2D eigenvalue weighted by atomic mass is 9.88. The van der Waals surface area contributed by atoms with E-state index < -0.39 is 18.2 Å². The number of alkyl halides is 1. The molecule has 3 heteroatoms. The lowest BCUT2D eigenvalue weighted by Crippen LogP contribution is -2.23. The molecule has 0 aliphatic heterocycles. The van der Waals surface area contributed by atoms with Crippen LogP contribution in [0, 0.1) is 5.41 Å². The van der Waals surface area contributed by atoms with Crippen molar-refractivity contribution < 1.29 is 14.6 Å². The van der Waals surface area contributed by atoms with Crippen LogP contribution >= 0.6 is 0 Å². The van der Waals surface area contributed by atoms with Gasteiger partial charge in [0.1, 0.15) is 6.17 Å². The van der Waals surface area contributed by atoms with E-state index in [0.717, 1.165) is 0 Å². The Hall–Kier alpha value is -0.150. The number of hydrogen-bond acceptors (Lipinski definition) is 2. The highest BCUT2D eigenvalue weighted by Crippen LogP contribution is 2.22. The minimum absolute atomic E-state index is 0.0482. The Labute approximate surface area is 60.7 Å². The van der Waals surface area contributed by atoms with Crippen molar-refractivity contribution in [2.75, 3.05) is 13.2 Å². The molecule has 10 heavy (non-hydrogen) atoms. The third-order valence-corrected chi connectivity index (χ3v) is 1.40. The Morgan fingerprint density at radius 1 is 1.40 bits per heavy atom. The van der Waals surface area contributed by atoms with Crippen molar-refractivity contribution in [3.63, 3.8) is 0 Å². The summed E-state index contributed by atoms with van der Waals surface area (Å²) in [5.41, 5.74) is -0.415. The van der Waals surface area contributed by atoms with Crippen molar-refractivity contribution in [2.24, 2.45) is 5.41 Å². The van der Waals surface area contributed by atoms with Gasteiger partial charge in [-0.1, -0.05) is 13.8 Å². The van der Waals surface area contributed by atoms with Crippen molar-refractivity contribution in [2.45, 2.75) is 26.4 Å². The van der Waals surface area contributed by atoms with Gasteiger partial charge in [-0.25, -0.2) is 4.39 Å². The van der Waals surface area contributed by atoms with Gasteiger partial charge in [0, 0.05) is 6.61 Å². The fourth-order valence-electron chi connectivity index (χ4n) is 0.729. The molecule has 0 radical (unpaired) electrons. The maximum atomic E-state index is 12.5. The first-order valence-corrected chi connectivity index (χ1v) is 3.37. The minimum atomic E-state index is -1.21. The summed E-state index contributed by atoms with van der Waals surface area (Å²) in [6, 6.07) is 0. The molecule has 0 aromatic carbocycles. The molecule has 0 spiro atoms. The van der Waals surface area contributed by atoms with E-state index in [9.17, 15) is 4.39 Å². The molecule has 1 unspecified atom stereocenters. The number of aliphatic hydroxyl groups excluding tert-OH is 2. The van der Waals surface area contributed by atoms with Gasteiger partial charge in [-0.05, 0) is 11.8 Å². The molecule has 2 N–H and O–H groups in total. The summed E-state index contributed by atoms with van der Waals surface area (Å²) in [4.78, 5) is 0. The van der Waals surface area contributed by atoms with Crippen LogP contribution in [-0.4, -0.2) is 29.6 Å². The van der Waals surface area contributed by atoms with Crippen LogP contribution in [0.15, 0.2) is 0 Å². The Balaban J connectivity index is 3.64. The maximum Gasteiger partial charge on any atom is 0.124 e. The van der Waals surface area contributed by atoms with Crippen LogP contribution in [0.4, 0.5) is 4.39 Å². The van der Waals surface area contributed by atoms with Crippen molar-refractivity contribution >= 4 is 0 Å². The summed E-state index contributed by atoms with van der Waals surface area (Å²) < 4.78 is 12.5. The van der Waals surface area contributed by atoms with Crippen LogP contribution in [0.5, 0.6) is 0 Å². The molecular weight excluding hydrogens is 135 g/mol. The van der Waals surface area contributed by atoms with Crippen LogP contribution in [0.3, 0.4) is 0 Å². The predicted molar refractivity (Wildman–Crippen MR) is 37.5 cm³/mol. The van der Waals surface area contributed by atoms with E-state index in [4.69, 9.17) is 10.2 Å². The van der Waals surface area contributed by atoms with Gasteiger partial charge in [0.15, 0.2) is 0 Å². The number of halogens is 1. The van der Waals surface area contributed by atoms with Gasteiger partial charge in [0.05, 0.1) is 6.61 Å². The highest BCUT2D eigenvalue weighted by Gasteiger charge is 2.21. The summed E-state index contributed by atoms with van der Waals surface area (Å²) in [6.07, 6.45) is -0.998. The van der Waals surface area contributed by atoms with Crippen LogP contribution in [0.1, 0.15) is 20.3 Å². The number of aliphatic hydroxyl groups is 2. The number of hydrogen-bond donors (Lipinski definition) is 2. The second-order valence-corrected chi connectivity index (χ2v) is 3.31. The topological polar surface area (TPSA) is 40.5 Å². The first-order valence-electron chi connectivity index (χ1n) is 3.37. The molecule has 2 nitrogen and oxygen atoms in total. The molecule has 0 saturated heterocycles. The number of rotatable bonds is 4. The molecule has 0 saturated carbocycles. The summed E-state index contributed by atoms with van der Waals surface area (Å²) >= 11 is 0. The second kappa shape index (κ2) is 3.88. The van der Waals surface area contributed by atoms with Crippen LogP contribution in [-0.2, 0) is 0 Å². The van der Waals surface area contributed by atoms with Gasteiger partial charge < -0.3 is 10.2 Å². The van der Waals surface area contributed by atoms with E-state index in [0.29, 0.717) is 0 Å². The standard InChI is InChI=1S/C7H15FO2/c1-7(2,5-10)3-6(8)4-9/h6,9-10H,3-5H2,1-2H3. The zero-order chi connectivity index (χ0) is 8.20. The van der Waals surface area contributed by atoms with Gasteiger partial charge in [0.25, 0.3) is 0 Å². The molecule has 0 amide bonds. The highest BCUT2D eigenvalue weighted by atomic mass is 19.1. The normalized spacial score (nSPS) is 15.3. The van der Waals surface area contributed by atoms with Crippen molar-refractivity contribution in [3.8, 4) is 0 Å². The predicted octanol–water partition coefficient (Wildman–Crippen LogP) is 0.725. The van der Waals surface area contributed by atoms with Gasteiger partial charge >= 0.3 is 0 Å². The Morgan fingerprint density at radius 3 is 2.20 bits per heavy atom. The average molecular weight is 150 g/mol. The van der Waals surface area contributed by atoms with E-state index >= 15 is 0 Å². The summed E-state index contributed by atoms with van der Waals surface area (Å²) in [5, 5.41) is 17.0. The molecule has 0 heterocycles. The minimum Gasteiger partial charge on any atom is -0.396 e. The summed E-state index contributed by atoms with van der Waals surface area (Å²) in [5.74, 6) is 0. The smallest absolute Gasteiger partial charge is 0.124 e. The van der Waals surface area contributed by atoms with Gasteiger partial charge in [-0.15, -0.1) is 0 Å². The Morgan fingerprint density at radius 2 is 1.90 bits per heavy atom. The van der Waals surface area contributed by atoms with Gasteiger partial charge in [-0.2, -0.15) is 0 Å². The van der Waals surface area contributed by atoms with Crippen molar-refractivity contribution in [1.82, 2.24) is 0 Å². The van der Waals surface area contributed by atoms with Crippen molar-refractivity contribution in [3.05, 3.63) is 0 Å². The lowest BCUT2D eigenvalue weighted by Gasteiger charge is -2.22.